The minimum Gasteiger partial charge on any atom is -0.150 e. The number of hydrogen-bond donors (Lipinski definition) is 0. The second kappa shape index (κ2) is 2.24. The average Bonchev–Trinajstić information content (AvgIpc) is 2.26. The minimum absolute atomic E-state index is 0.0550. The average molecular weight is 152 g/mol. The van der Waals surface area contributed by atoms with Crippen molar-refractivity contribution < 1.29 is 0 Å². The van der Waals surface area contributed by atoms with Gasteiger partial charge in [0.2, 0.25) is 0 Å². The molecule has 2 saturated heterocycles. The topological polar surface area (TPSA) is 0 Å². The van der Waals surface area contributed by atoms with E-state index in [1.54, 1.807) is 0 Å². The molecule has 10 heavy (non-hydrogen) atoms. The summed E-state index contributed by atoms with van der Waals surface area (Å²) in [6.45, 7) is 4.75. The summed E-state index contributed by atoms with van der Waals surface area (Å²) in [5, 5.41) is 0. The molecule has 0 spiro atoms. The van der Waals surface area contributed by atoms with Gasteiger partial charge in [0.25, 0.3) is 0 Å². The van der Waals surface area contributed by atoms with Crippen LogP contribution in [0.2, 0.25) is 0 Å². The quantitative estimate of drug-likeness (QED) is 0.369. The summed E-state index contributed by atoms with van der Waals surface area (Å²) in [5.74, 6) is 1.88. The van der Waals surface area contributed by atoms with Crippen molar-refractivity contribution in [3.63, 3.8) is 0 Å². The lowest BCUT2D eigenvalue weighted by molar-refractivity contribution is 0.365. The molecule has 0 aromatic carbocycles. The van der Waals surface area contributed by atoms with Gasteiger partial charge in [0.15, 0.2) is 0 Å². The van der Waals surface area contributed by atoms with E-state index in [-0.39, 0.29) is 7.80 Å². The largest absolute Gasteiger partial charge is 0.150 e. The molecule has 0 N–H and O–H groups in total. The third-order valence-electron chi connectivity index (χ3n) is 3.31. The molecule has 2 unspecified atom stereocenters. The highest BCUT2D eigenvalue weighted by Gasteiger charge is 2.46. The highest BCUT2D eigenvalue weighted by Crippen LogP contribution is 2.65. The van der Waals surface area contributed by atoms with Gasteiger partial charge in [0.05, 0.1) is 0 Å². The smallest absolute Gasteiger partial charge is 0.109 e. The fraction of sp³-hybridized carbons (Fsp3) is 1.00. The Morgan fingerprint density at radius 2 is 1.50 bits per heavy atom. The lowest BCUT2D eigenvalue weighted by Crippen LogP contribution is -2.18. The van der Waals surface area contributed by atoms with E-state index < -0.39 is 0 Å². The Kier molecular flexibility index (Phi) is 1.60. The van der Waals surface area contributed by atoms with Crippen LogP contribution in [-0.2, 0) is 0 Å². The lowest BCUT2D eigenvalue weighted by atomic mass is 9.84. The highest BCUT2D eigenvalue weighted by atomic mass is 31.1. The van der Waals surface area contributed by atoms with Gasteiger partial charge < -0.3 is 0 Å². The van der Waals surface area contributed by atoms with Crippen LogP contribution >= 0.6 is 7.80 Å². The normalized spacial score (nSPS) is 59.6. The van der Waals surface area contributed by atoms with E-state index in [4.69, 9.17) is 7.57 Å². The molecule has 0 amide bonds. The van der Waals surface area contributed by atoms with Gasteiger partial charge in [0, 0.05) is 0 Å². The molecular weight excluding hydrogens is 138 g/mol. The Morgan fingerprint density at radius 3 is 1.70 bits per heavy atom. The molecule has 0 saturated carbocycles. The van der Waals surface area contributed by atoms with Crippen molar-refractivity contribution in [1.82, 2.24) is 0 Å². The molecule has 0 aromatic rings. The van der Waals surface area contributed by atoms with E-state index in [1.807, 2.05) is 0 Å². The third-order valence-corrected chi connectivity index (χ3v) is 6.28. The van der Waals surface area contributed by atoms with Crippen molar-refractivity contribution in [3.8, 4) is 0 Å². The molecule has 0 nitrogen and oxygen atoms in total. The summed E-state index contributed by atoms with van der Waals surface area (Å²) >= 11 is 0. The van der Waals surface area contributed by atoms with E-state index in [1.165, 1.54) is 12.8 Å². The van der Waals surface area contributed by atoms with Crippen molar-refractivity contribution in [2.75, 3.05) is 0 Å². The first kappa shape index (κ1) is 7.16. The maximum Gasteiger partial charge on any atom is 0.109 e. The molecular formula is C8H14BP. The van der Waals surface area contributed by atoms with Crippen molar-refractivity contribution in [1.29, 1.82) is 0 Å². The van der Waals surface area contributed by atoms with Crippen molar-refractivity contribution >= 4 is 15.4 Å². The Morgan fingerprint density at radius 1 is 1.10 bits per heavy atom. The van der Waals surface area contributed by atoms with Crippen LogP contribution in [0, 0.1) is 11.8 Å². The van der Waals surface area contributed by atoms with Crippen LogP contribution < -0.4 is 0 Å². The molecule has 2 aliphatic heterocycles. The van der Waals surface area contributed by atoms with E-state index in [9.17, 15) is 0 Å². The first-order valence-electron chi connectivity index (χ1n) is 4.23. The molecule has 2 heterocycles. The zero-order valence-electron chi connectivity index (χ0n) is 6.75. The first-order chi connectivity index (χ1) is 4.70. The lowest BCUT2D eigenvalue weighted by Gasteiger charge is -2.21. The van der Waals surface area contributed by atoms with Gasteiger partial charge in [-0.05, 0) is 36.0 Å². The van der Waals surface area contributed by atoms with Crippen LogP contribution in [0.4, 0.5) is 0 Å². The van der Waals surface area contributed by atoms with Gasteiger partial charge in [0.1, 0.15) is 7.57 Å². The fourth-order valence-electron chi connectivity index (χ4n) is 2.62. The standard InChI is InChI=1S/C8H14BP/c1-5-3-8-6(2)4-7(5)10(8)9/h5-8H,3-4H2,1-2H3/t5-,6-,7?,8?,10?/m0/s1. The Balaban J connectivity index is 2.17. The van der Waals surface area contributed by atoms with E-state index in [0.717, 1.165) is 23.2 Å². The molecule has 2 fully saturated rings. The number of fused-ring (bicyclic) bond motifs is 2. The molecule has 54 valence electrons. The van der Waals surface area contributed by atoms with Crippen molar-refractivity contribution in [2.45, 2.75) is 38.0 Å². The summed E-state index contributed by atoms with van der Waals surface area (Å²) in [4.78, 5) is 0. The van der Waals surface area contributed by atoms with Gasteiger partial charge in [-0.3, -0.25) is 0 Å². The third kappa shape index (κ3) is 0.795. The predicted octanol–water partition coefficient (Wildman–Crippen LogP) is 2.37. The molecule has 4 atom stereocenters. The monoisotopic (exact) mass is 152 g/mol. The molecule has 2 aliphatic rings. The van der Waals surface area contributed by atoms with Crippen LogP contribution in [0.25, 0.3) is 0 Å². The molecule has 0 aliphatic carbocycles. The molecule has 2 radical (unpaired) electrons. The minimum atomic E-state index is -0.0550. The molecule has 2 heteroatoms. The zero-order valence-corrected chi connectivity index (χ0v) is 7.64. The fourth-order valence-corrected chi connectivity index (χ4v) is 5.68. The Bertz CT molecular complexity index is 132. The second-order valence-corrected chi connectivity index (χ2v) is 6.23. The maximum atomic E-state index is 6.13. The SMILES string of the molecule is [B]P1C2C[C@H](C)C1C[C@@H]2C. The van der Waals surface area contributed by atoms with Crippen LogP contribution in [0.3, 0.4) is 0 Å². The van der Waals surface area contributed by atoms with Gasteiger partial charge >= 0.3 is 0 Å². The summed E-state index contributed by atoms with van der Waals surface area (Å²) in [7, 11) is 6.07. The molecule has 2 rings (SSSR count). The zero-order chi connectivity index (χ0) is 7.30. The Labute approximate surface area is 65.9 Å². The van der Waals surface area contributed by atoms with Gasteiger partial charge in [-0.2, -0.15) is 7.80 Å². The van der Waals surface area contributed by atoms with Gasteiger partial charge in [-0.25, -0.2) is 0 Å². The Hall–Kier alpha value is 0.495. The van der Waals surface area contributed by atoms with Crippen LogP contribution in [-0.4, -0.2) is 18.9 Å². The van der Waals surface area contributed by atoms with Crippen molar-refractivity contribution in [3.05, 3.63) is 0 Å². The van der Waals surface area contributed by atoms with E-state index in [2.05, 4.69) is 13.8 Å². The second-order valence-electron chi connectivity index (χ2n) is 4.01. The van der Waals surface area contributed by atoms with Crippen LogP contribution in [0.1, 0.15) is 26.7 Å². The summed E-state index contributed by atoms with van der Waals surface area (Å²) < 4.78 is 0. The van der Waals surface area contributed by atoms with E-state index in [0.29, 0.717) is 0 Å². The predicted molar refractivity (Wildman–Crippen MR) is 47.8 cm³/mol. The van der Waals surface area contributed by atoms with Gasteiger partial charge in [-0.15, -0.1) is 0 Å². The molecule has 0 aromatic heterocycles. The van der Waals surface area contributed by atoms with Crippen LogP contribution in [0.5, 0.6) is 0 Å². The van der Waals surface area contributed by atoms with E-state index >= 15 is 0 Å². The summed E-state index contributed by atoms with van der Waals surface area (Å²) in [6.07, 6.45) is 2.85. The summed E-state index contributed by atoms with van der Waals surface area (Å²) in [5.41, 5.74) is 1.85. The van der Waals surface area contributed by atoms with Crippen LogP contribution in [0.15, 0.2) is 0 Å². The first-order valence-corrected chi connectivity index (χ1v) is 5.78. The number of hydrogen-bond acceptors (Lipinski definition) is 0. The highest BCUT2D eigenvalue weighted by molar-refractivity contribution is 7.83. The summed E-state index contributed by atoms with van der Waals surface area (Å²) in [6, 6.07) is 0. The number of rotatable bonds is 0. The van der Waals surface area contributed by atoms with Crippen molar-refractivity contribution in [2.24, 2.45) is 11.8 Å². The van der Waals surface area contributed by atoms with Gasteiger partial charge in [-0.1, -0.05) is 13.8 Å². The molecule has 2 bridgehead atoms. The maximum absolute atomic E-state index is 6.13.